The fraction of sp³-hybridized carbons (Fsp3) is 0.353. The first-order valence-corrected chi connectivity index (χ1v) is 7.37. The van der Waals surface area contributed by atoms with E-state index in [1.807, 2.05) is 14.1 Å². The van der Waals surface area contributed by atoms with Crippen LogP contribution >= 0.6 is 0 Å². The number of anilines is 1. The Hall–Kier alpha value is -2.27. The van der Waals surface area contributed by atoms with E-state index >= 15 is 0 Å². The van der Waals surface area contributed by atoms with Crippen LogP contribution in [-0.2, 0) is 4.74 Å². The molecular formula is C17H20N2O3. The number of amides is 1. The summed E-state index contributed by atoms with van der Waals surface area (Å²) < 4.78 is 11.0. The minimum absolute atomic E-state index is 0.0804. The van der Waals surface area contributed by atoms with Gasteiger partial charge in [0.05, 0.1) is 19.4 Å². The van der Waals surface area contributed by atoms with Crippen LogP contribution in [0.25, 0.3) is 0 Å². The van der Waals surface area contributed by atoms with Crippen molar-refractivity contribution in [2.24, 2.45) is 0 Å². The van der Waals surface area contributed by atoms with E-state index in [1.165, 1.54) is 6.26 Å². The van der Waals surface area contributed by atoms with E-state index in [4.69, 9.17) is 9.15 Å². The maximum absolute atomic E-state index is 12.4. The van der Waals surface area contributed by atoms with Gasteiger partial charge in [0.25, 0.3) is 5.91 Å². The van der Waals surface area contributed by atoms with E-state index in [9.17, 15) is 4.79 Å². The molecule has 5 nitrogen and oxygen atoms in total. The molecular weight excluding hydrogens is 280 g/mol. The summed E-state index contributed by atoms with van der Waals surface area (Å²) in [5.41, 5.74) is 2.23. The summed E-state index contributed by atoms with van der Waals surface area (Å²) >= 11 is 0. The van der Waals surface area contributed by atoms with E-state index in [2.05, 4.69) is 29.2 Å². The van der Waals surface area contributed by atoms with Gasteiger partial charge in [0.1, 0.15) is 6.10 Å². The van der Waals surface area contributed by atoms with Crippen LogP contribution in [0.2, 0.25) is 0 Å². The summed E-state index contributed by atoms with van der Waals surface area (Å²) in [5.74, 6) is 0.298. The molecule has 1 amide bonds. The van der Waals surface area contributed by atoms with Crippen molar-refractivity contribution < 1.29 is 13.9 Å². The van der Waals surface area contributed by atoms with E-state index in [-0.39, 0.29) is 12.0 Å². The highest BCUT2D eigenvalue weighted by Gasteiger charge is 2.27. The molecule has 0 bridgehead atoms. The van der Waals surface area contributed by atoms with E-state index < -0.39 is 0 Å². The quantitative estimate of drug-likeness (QED) is 0.874. The molecule has 1 unspecified atom stereocenters. The second-order valence-electron chi connectivity index (χ2n) is 5.57. The van der Waals surface area contributed by atoms with E-state index in [0.717, 1.165) is 11.3 Å². The molecule has 0 N–H and O–H groups in total. The van der Waals surface area contributed by atoms with Crippen LogP contribution < -0.4 is 4.90 Å². The van der Waals surface area contributed by atoms with Gasteiger partial charge in [-0.25, -0.2) is 0 Å². The van der Waals surface area contributed by atoms with Crippen molar-refractivity contribution >= 4 is 11.6 Å². The van der Waals surface area contributed by atoms with Crippen molar-refractivity contribution in [1.29, 1.82) is 0 Å². The lowest BCUT2D eigenvalue weighted by atomic mass is 10.1. The van der Waals surface area contributed by atoms with E-state index in [0.29, 0.717) is 25.5 Å². The summed E-state index contributed by atoms with van der Waals surface area (Å²) in [4.78, 5) is 16.2. The summed E-state index contributed by atoms with van der Waals surface area (Å²) in [7, 11) is 4.02. The molecule has 0 saturated carbocycles. The Morgan fingerprint density at radius 2 is 2.00 bits per heavy atom. The number of hydrogen-bond acceptors (Lipinski definition) is 4. The number of morpholine rings is 1. The number of benzene rings is 1. The molecule has 1 saturated heterocycles. The molecule has 0 radical (unpaired) electrons. The van der Waals surface area contributed by atoms with Crippen LogP contribution in [0.4, 0.5) is 5.69 Å². The minimum atomic E-state index is -0.0936. The minimum Gasteiger partial charge on any atom is -0.459 e. The van der Waals surface area contributed by atoms with Gasteiger partial charge in [-0.1, -0.05) is 12.1 Å². The molecule has 1 atom stereocenters. The zero-order valence-corrected chi connectivity index (χ0v) is 12.9. The normalized spacial score (nSPS) is 18.3. The van der Waals surface area contributed by atoms with Crippen LogP contribution in [0.3, 0.4) is 0 Å². The fourth-order valence-electron chi connectivity index (χ4n) is 2.58. The van der Waals surface area contributed by atoms with Gasteiger partial charge in [-0.2, -0.15) is 0 Å². The summed E-state index contributed by atoms with van der Waals surface area (Å²) in [6.07, 6.45) is 1.43. The highest BCUT2D eigenvalue weighted by molar-refractivity contribution is 5.91. The molecule has 2 heterocycles. The first-order valence-electron chi connectivity index (χ1n) is 7.37. The maximum atomic E-state index is 12.4. The molecule has 1 aromatic heterocycles. The summed E-state index contributed by atoms with van der Waals surface area (Å²) in [5, 5.41) is 0. The number of rotatable bonds is 3. The SMILES string of the molecule is CN(C)c1ccc(C2CN(C(=O)c3ccco3)CCO2)cc1. The monoisotopic (exact) mass is 300 g/mol. The van der Waals surface area contributed by atoms with Gasteiger partial charge in [-0.05, 0) is 29.8 Å². The standard InChI is InChI=1S/C17H20N2O3/c1-18(2)14-7-5-13(6-8-14)16-12-19(9-11-22-16)17(20)15-4-3-10-21-15/h3-8,10,16H,9,11-12H2,1-2H3. The van der Waals surface area contributed by atoms with Crippen LogP contribution in [0.15, 0.2) is 47.1 Å². The number of carbonyl (C=O) groups is 1. The lowest BCUT2D eigenvalue weighted by molar-refractivity contribution is -0.0237. The number of hydrogen-bond donors (Lipinski definition) is 0. The highest BCUT2D eigenvalue weighted by Crippen LogP contribution is 2.25. The Morgan fingerprint density at radius 3 is 2.64 bits per heavy atom. The molecule has 3 rings (SSSR count). The van der Waals surface area contributed by atoms with Gasteiger partial charge in [-0.3, -0.25) is 4.79 Å². The maximum Gasteiger partial charge on any atom is 0.289 e. The second kappa shape index (κ2) is 6.23. The predicted octanol–water partition coefficient (Wildman–Crippen LogP) is 2.56. The first kappa shape index (κ1) is 14.7. The Labute approximate surface area is 130 Å². The zero-order valence-electron chi connectivity index (χ0n) is 12.9. The van der Waals surface area contributed by atoms with Crippen LogP contribution in [-0.4, -0.2) is 44.6 Å². The molecule has 2 aromatic rings. The predicted molar refractivity (Wildman–Crippen MR) is 84.1 cm³/mol. The first-order chi connectivity index (χ1) is 10.6. The lowest BCUT2D eigenvalue weighted by Gasteiger charge is -2.32. The van der Waals surface area contributed by atoms with Gasteiger partial charge in [0, 0.05) is 26.3 Å². The third-order valence-electron chi connectivity index (χ3n) is 3.87. The van der Waals surface area contributed by atoms with Crippen LogP contribution in [0.1, 0.15) is 22.2 Å². The summed E-state index contributed by atoms with van der Waals surface area (Å²) in [6, 6.07) is 11.7. The van der Waals surface area contributed by atoms with Crippen molar-refractivity contribution in [3.63, 3.8) is 0 Å². The van der Waals surface area contributed by atoms with Crippen molar-refractivity contribution in [2.45, 2.75) is 6.10 Å². The van der Waals surface area contributed by atoms with Gasteiger partial charge >= 0.3 is 0 Å². The Balaban J connectivity index is 1.71. The molecule has 116 valence electrons. The molecule has 1 fully saturated rings. The molecule has 5 heteroatoms. The smallest absolute Gasteiger partial charge is 0.289 e. The molecule has 1 aromatic carbocycles. The van der Waals surface area contributed by atoms with Crippen LogP contribution in [0.5, 0.6) is 0 Å². The van der Waals surface area contributed by atoms with Gasteiger partial charge in [0.15, 0.2) is 5.76 Å². The number of carbonyl (C=O) groups excluding carboxylic acids is 1. The van der Waals surface area contributed by atoms with Crippen molar-refractivity contribution in [3.8, 4) is 0 Å². The topological polar surface area (TPSA) is 45.9 Å². The molecule has 22 heavy (non-hydrogen) atoms. The Bertz CT molecular complexity index is 620. The third kappa shape index (κ3) is 2.99. The van der Waals surface area contributed by atoms with Gasteiger partial charge < -0.3 is 19.0 Å². The highest BCUT2D eigenvalue weighted by atomic mass is 16.5. The number of ether oxygens (including phenoxy) is 1. The average molecular weight is 300 g/mol. The fourth-order valence-corrected chi connectivity index (χ4v) is 2.58. The molecule has 0 aliphatic carbocycles. The second-order valence-corrected chi connectivity index (χ2v) is 5.57. The third-order valence-corrected chi connectivity index (χ3v) is 3.87. The summed E-state index contributed by atoms with van der Waals surface area (Å²) in [6.45, 7) is 1.67. The number of furan rings is 1. The van der Waals surface area contributed by atoms with Crippen LogP contribution in [0, 0.1) is 0 Å². The molecule has 1 aliphatic heterocycles. The van der Waals surface area contributed by atoms with Gasteiger partial charge in [-0.15, -0.1) is 0 Å². The lowest BCUT2D eigenvalue weighted by Crippen LogP contribution is -2.42. The largest absolute Gasteiger partial charge is 0.459 e. The zero-order chi connectivity index (χ0) is 15.5. The number of nitrogens with zero attached hydrogens (tertiary/aromatic N) is 2. The molecule has 0 spiro atoms. The average Bonchev–Trinajstić information content (AvgIpc) is 3.09. The molecule has 1 aliphatic rings. The Morgan fingerprint density at radius 1 is 1.23 bits per heavy atom. The van der Waals surface area contributed by atoms with E-state index in [1.54, 1.807) is 17.0 Å². The van der Waals surface area contributed by atoms with Crippen molar-refractivity contribution in [1.82, 2.24) is 4.90 Å². The Kier molecular flexibility index (Phi) is 4.15. The van der Waals surface area contributed by atoms with Crippen molar-refractivity contribution in [3.05, 3.63) is 54.0 Å². The van der Waals surface area contributed by atoms with Gasteiger partial charge in [0.2, 0.25) is 0 Å². The van der Waals surface area contributed by atoms with Crippen molar-refractivity contribution in [2.75, 3.05) is 38.7 Å².